The van der Waals surface area contributed by atoms with Crippen LogP contribution >= 0.6 is 0 Å². The van der Waals surface area contributed by atoms with Crippen molar-refractivity contribution in [2.45, 2.75) is 19.7 Å². The van der Waals surface area contributed by atoms with Crippen LogP contribution in [0.2, 0.25) is 0 Å². The molecule has 0 bridgehead atoms. The van der Waals surface area contributed by atoms with Crippen molar-refractivity contribution in [3.05, 3.63) is 96.7 Å². The average molecular weight is 379 g/mol. The summed E-state index contributed by atoms with van der Waals surface area (Å²) in [6, 6.07) is 28.4. The largest absolute Gasteiger partial charge is 0.452 e. The summed E-state index contributed by atoms with van der Waals surface area (Å²) in [4.78, 5) is 6.82. The van der Waals surface area contributed by atoms with E-state index in [0.29, 0.717) is 0 Å². The summed E-state index contributed by atoms with van der Waals surface area (Å²) >= 11 is 0. The average Bonchev–Trinajstić information content (AvgIpc) is 2.77. The Morgan fingerprint density at radius 3 is 2.45 bits per heavy atom. The molecule has 142 valence electrons. The van der Waals surface area contributed by atoms with E-state index < -0.39 is 5.89 Å². The number of anilines is 3. The van der Waals surface area contributed by atoms with Crippen LogP contribution in [-0.4, -0.2) is 4.98 Å². The highest BCUT2D eigenvalue weighted by molar-refractivity contribution is 5.90. The van der Waals surface area contributed by atoms with Gasteiger partial charge in [0.2, 0.25) is 0 Å². The Balaban J connectivity index is 1.72. The quantitative estimate of drug-likeness (QED) is 0.325. The molecule has 3 nitrogen and oxygen atoms in total. The van der Waals surface area contributed by atoms with E-state index >= 15 is 0 Å². The Bertz CT molecular complexity index is 1220. The van der Waals surface area contributed by atoms with E-state index in [1.54, 1.807) is 6.20 Å². The number of ether oxygens (including phenoxy) is 1. The highest BCUT2D eigenvalue weighted by Gasteiger charge is 2.28. The first kappa shape index (κ1) is 16.4. The van der Waals surface area contributed by atoms with Gasteiger partial charge in [0.15, 0.2) is 11.5 Å². The molecule has 1 aromatic heterocycles. The van der Waals surface area contributed by atoms with Crippen molar-refractivity contribution < 1.29 is 6.11 Å². The van der Waals surface area contributed by atoms with Gasteiger partial charge in [-0.25, -0.2) is 0 Å². The highest BCUT2D eigenvalue weighted by atomic mass is 16.5. The number of benzene rings is 3. The third-order valence-electron chi connectivity index (χ3n) is 5.18. The molecule has 5 rings (SSSR count). The molecular weight excluding hydrogens is 356 g/mol. The van der Waals surface area contributed by atoms with Crippen LogP contribution in [0.5, 0.6) is 11.5 Å². The molecule has 0 fully saturated rings. The SMILES string of the molecule is [2H]C(C)(C)c1ccnc(-c2cccc3c2Oc2ccccc2N3c2ccccc2)c1. The second kappa shape index (κ2) is 7.10. The number of fused-ring (bicyclic) bond motifs is 2. The van der Waals surface area contributed by atoms with Crippen molar-refractivity contribution in [3.63, 3.8) is 0 Å². The van der Waals surface area contributed by atoms with Gasteiger partial charge in [0.1, 0.15) is 0 Å². The first-order valence-electron chi connectivity index (χ1n) is 10.2. The molecule has 0 saturated heterocycles. The van der Waals surface area contributed by atoms with Gasteiger partial charge in [0, 0.05) is 18.8 Å². The van der Waals surface area contributed by atoms with Gasteiger partial charge in [-0.15, -0.1) is 0 Å². The summed E-state index contributed by atoms with van der Waals surface area (Å²) < 4.78 is 14.8. The Kier molecular flexibility index (Phi) is 4.01. The molecular formula is C26H22N2O. The molecule has 3 aromatic carbocycles. The molecule has 0 spiro atoms. The molecule has 0 radical (unpaired) electrons. The zero-order chi connectivity index (χ0) is 20.7. The molecule has 0 aliphatic carbocycles. The first-order chi connectivity index (χ1) is 14.5. The minimum Gasteiger partial charge on any atom is -0.452 e. The maximum Gasteiger partial charge on any atom is 0.160 e. The third-order valence-corrected chi connectivity index (χ3v) is 5.18. The van der Waals surface area contributed by atoms with Gasteiger partial charge in [-0.1, -0.05) is 50.2 Å². The lowest BCUT2D eigenvalue weighted by molar-refractivity contribution is 0.478. The summed E-state index contributed by atoms with van der Waals surface area (Å²) in [5.74, 6) is 0.876. The zero-order valence-corrected chi connectivity index (χ0v) is 16.5. The summed E-state index contributed by atoms with van der Waals surface area (Å²) in [5.41, 5.74) is 5.67. The summed E-state index contributed by atoms with van der Waals surface area (Å²) in [7, 11) is 0. The first-order valence-corrected chi connectivity index (χ1v) is 9.74. The normalized spacial score (nSPS) is 13.2. The number of hydrogen-bond acceptors (Lipinski definition) is 3. The maximum atomic E-state index is 8.39. The smallest absolute Gasteiger partial charge is 0.160 e. The highest BCUT2D eigenvalue weighted by Crippen LogP contribution is 2.53. The minimum absolute atomic E-state index is 0.698. The zero-order valence-electron chi connectivity index (χ0n) is 17.5. The summed E-state index contributed by atoms with van der Waals surface area (Å²) in [6.45, 7) is 3.77. The fraction of sp³-hybridized carbons (Fsp3) is 0.115. The van der Waals surface area contributed by atoms with Gasteiger partial charge in [-0.3, -0.25) is 4.98 Å². The Labute approximate surface area is 172 Å². The van der Waals surface area contributed by atoms with Crippen LogP contribution in [0.4, 0.5) is 17.1 Å². The lowest BCUT2D eigenvalue weighted by Gasteiger charge is -2.33. The summed E-state index contributed by atoms with van der Waals surface area (Å²) in [5, 5.41) is 0. The van der Waals surface area contributed by atoms with Crippen molar-refractivity contribution in [2.24, 2.45) is 0 Å². The van der Waals surface area contributed by atoms with E-state index in [1.165, 1.54) is 0 Å². The lowest BCUT2D eigenvalue weighted by Crippen LogP contribution is -2.16. The Morgan fingerprint density at radius 1 is 0.862 bits per heavy atom. The van der Waals surface area contributed by atoms with Crippen molar-refractivity contribution in [1.29, 1.82) is 0 Å². The lowest BCUT2D eigenvalue weighted by atomic mass is 10.00. The van der Waals surface area contributed by atoms with E-state index in [0.717, 1.165) is 45.4 Å². The van der Waals surface area contributed by atoms with Crippen molar-refractivity contribution in [3.8, 4) is 22.8 Å². The van der Waals surface area contributed by atoms with Gasteiger partial charge in [0.05, 0.1) is 17.1 Å². The van der Waals surface area contributed by atoms with E-state index in [4.69, 9.17) is 6.11 Å². The van der Waals surface area contributed by atoms with E-state index in [9.17, 15) is 0 Å². The Morgan fingerprint density at radius 2 is 1.62 bits per heavy atom. The summed E-state index contributed by atoms with van der Waals surface area (Å²) in [6.07, 6.45) is 1.77. The number of nitrogens with zero attached hydrogens (tertiary/aromatic N) is 2. The van der Waals surface area contributed by atoms with Crippen LogP contribution < -0.4 is 9.64 Å². The molecule has 2 heterocycles. The molecule has 4 aromatic rings. The van der Waals surface area contributed by atoms with Gasteiger partial charge in [-0.2, -0.15) is 0 Å². The number of hydrogen-bond donors (Lipinski definition) is 0. The fourth-order valence-corrected chi connectivity index (χ4v) is 3.72. The molecule has 0 amide bonds. The number of pyridine rings is 1. The molecule has 1 aliphatic rings. The van der Waals surface area contributed by atoms with Gasteiger partial charge in [-0.05, 0) is 60.0 Å². The topological polar surface area (TPSA) is 25.4 Å². The van der Waals surface area contributed by atoms with Crippen molar-refractivity contribution in [2.75, 3.05) is 4.90 Å². The molecule has 1 aliphatic heterocycles. The van der Waals surface area contributed by atoms with Gasteiger partial charge in [0.25, 0.3) is 0 Å². The van der Waals surface area contributed by atoms with Crippen LogP contribution in [0.1, 0.15) is 26.7 Å². The monoisotopic (exact) mass is 379 g/mol. The molecule has 0 N–H and O–H groups in total. The van der Waals surface area contributed by atoms with Crippen molar-refractivity contribution >= 4 is 17.1 Å². The number of aromatic nitrogens is 1. The predicted octanol–water partition coefficient (Wildman–Crippen LogP) is 7.45. The fourth-order valence-electron chi connectivity index (χ4n) is 3.72. The second-order valence-corrected chi connectivity index (χ2v) is 7.32. The second-order valence-electron chi connectivity index (χ2n) is 7.32. The van der Waals surface area contributed by atoms with Gasteiger partial charge >= 0.3 is 0 Å². The Hall–Kier alpha value is -3.59. The van der Waals surface area contributed by atoms with Gasteiger partial charge < -0.3 is 9.64 Å². The molecule has 29 heavy (non-hydrogen) atoms. The van der Waals surface area contributed by atoms with Crippen molar-refractivity contribution in [1.82, 2.24) is 4.98 Å². The standard InChI is InChI=1S/C26H22N2O/c1-18(2)19-15-16-27-22(17-19)21-11-8-13-24-26(21)29-25-14-7-6-12-23(25)28(24)20-9-4-3-5-10-20/h3-18H,1-2H3/i18D. The molecule has 0 saturated carbocycles. The molecule has 0 unspecified atom stereocenters. The number of para-hydroxylation sites is 4. The van der Waals surface area contributed by atoms with E-state index in [-0.39, 0.29) is 0 Å². The molecule has 3 heteroatoms. The van der Waals surface area contributed by atoms with E-state index in [2.05, 4.69) is 34.1 Å². The molecule has 0 atom stereocenters. The number of rotatable bonds is 3. The maximum absolute atomic E-state index is 8.39. The third kappa shape index (κ3) is 3.05. The predicted molar refractivity (Wildman–Crippen MR) is 119 cm³/mol. The van der Waals surface area contributed by atoms with Crippen LogP contribution in [0.25, 0.3) is 11.3 Å². The van der Waals surface area contributed by atoms with Crippen LogP contribution in [0.3, 0.4) is 0 Å². The van der Waals surface area contributed by atoms with E-state index in [1.807, 2.05) is 74.5 Å². The van der Waals surface area contributed by atoms with Crippen LogP contribution in [0, 0.1) is 0 Å². The van der Waals surface area contributed by atoms with Crippen LogP contribution in [0.15, 0.2) is 91.1 Å². The minimum atomic E-state index is -0.698. The van der Waals surface area contributed by atoms with Crippen LogP contribution in [-0.2, 0) is 0 Å².